The van der Waals surface area contributed by atoms with E-state index >= 15 is 0 Å². The monoisotopic (exact) mass is 1920 g/mol. The van der Waals surface area contributed by atoms with Crippen LogP contribution >= 0.6 is 47.8 Å². The minimum absolute atomic E-state index is 0.142. The fourth-order valence-electron chi connectivity index (χ4n) is 15.1. The van der Waals surface area contributed by atoms with Crippen LogP contribution in [0.2, 0.25) is 0 Å². The Hall–Kier alpha value is -9.46. The van der Waals surface area contributed by atoms with Crippen LogP contribution in [0, 0.1) is 83.1 Å². The van der Waals surface area contributed by atoms with Gasteiger partial charge < -0.3 is 70.5 Å². The first-order valence-corrected chi connectivity index (χ1v) is 45.0. The number of ether oxygens (including phenoxy) is 7. The molecule has 1 saturated heterocycles. The second-order valence-corrected chi connectivity index (χ2v) is 40.1. The molecule has 10 aromatic carbocycles. The summed E-state index contributed by atoms with van der Waals surface area (Å²) in [6.45, 7) is 55.0. The second kappa shape index (κ2) is 42.0. The van der Waals surface area contributed by atoms with E-state index in [1.54, 1.807) is 0 Å². The van der Waals surface area contributed by atoms with Crippen LogP contribution in [-0.2, 0) is 74.9 Å². The molecule has 1 fully saturated rings. The van der Waals surface area contributed by atoms with Crippen molar-refractivity contribution < 1.29 is 66.8 Å². The van der Waals surface area contributed by atoms with Crippen LogP contribution in [0.5, 0.6) is 0 Å². The zero-order chi connectivity index (χ0) is 95.0. The Morgan fingerprint density at radius 2 is 0.591 bits per heavy atom. The molecule has 18 nitrogen and oxygen atoms in total. The number of esters is 3. The Labute approximate surface area is 779 Å². The summed E-state index contributed by atoms with van der Waals surface area (Å²) in [5, 5.41) is 9.90. The van der Waals surface area contributed by atoms with Gasteiger partial charge in [-0.05, 0) is 342 Å². The number of nitrogen functional groups attached to an aromatic ring is 4. The molecular weight excluding hydrogens is 1790 g/mol. The number of anilines is 4. The van der Waals surface area contributed by atoms with Crippen molar-refractivity contribution in [2.24, 2.45) is 0 Å². The van der Waals surface area contributed by atoms with Gasteiger partial charge in [-0.15, -0.1) is 0 Å². The molecule has 1 aliphatic rings. The first-order valence-electron chi connectivity index (χ1n) is 42.7. The highest BCUT2D eigenvalue weighted by Crippen LogP contribution is 2.50. The van der Waals surface area contributed by atoms with Gasteiger partial charge in [-0.1, -0.05) is 180 Å². The van der Waals surface area contributed by atoms with Crippen molar-refractivity contribution in [2.45, 2.75) is 265 Å². The Kier molecular flexibility index (Phi) is 34.0. The van der Waals surface area contributed by atoms with Gasteiger partial charge in [-0.3, -0.25) is 0 Å². The van der Waals surface area contributed by atoms with E-state index in [2.05, 4.69) is 121 Å². The van der Waals surface area contributed by atoms with Crippen molar-refractivity contribution in [3.8, 4) is 44.5 Å². The van der Waals surface area contributed by atoms with Crippen LogP contribution in [0.15, 0.2) is 171 Å². The third kappa shape index (κ3) is 25.4. The third-order valence-corrected chi connectivity index (χ3v) is 25.6. The first kappa shape index (κ1) is 103. The van der Waals surface area contributed by atoms with Gasteiger partial charge in [0.2, 0.25) is 0 Å². The number of carboxylic acids is 1. The van der Waals surface area contributed by atoms with E-state index in [0.717, 1.165) is 147 Å². The lowest BCUT2D eigenvalue weighted by atomic mass is 9.70. The van der Waals surface area contributed by atoms with E-state index in [-0.39, 0.29) is 13.2 Å². The van der Waals surface area contributed by atoms with Crippen LogP contribution in [-0.4, -0.2) is 76.8 Å². The van der Waals surface area contributed by atoms with Crippen molar-refractivity contribution in [1.29, 1.82) is 0 Å². The van der Waals surface area contributed by atoms with Gasteiger partial charge in [0.25, 0.3) is 0 Å². The lowest BCUT2D eigenvalue weighted by Gasteiger charge is -2.32. The molecular formula is C105H130BBr3N4O14. The Balaban J connectivity index is 0.000000213. The maximum absolute atomic E-state index is 13.9. The molecule has 0 saturated carbocycles. The highest BCUT2D eigenvalue weighted by atomic mass is 79.9. The van der Waals surface area contributed by atoms with Crippen molar-refractivity contribution in [2.75, 3.05) is 30.0 Å². The van der Waals surface area contributed by atoms with Crippen LogP contribution in [0.25, 0.3) is 44.5 Å². The number of aryl methyl sites for hydroxylation is 4. The number of aliphatic carboxylic acids is 1. The number of hydrogen-bond donors (Lipinski definition) is 5. The molecule has 11 rings (SSSR count). The van der Waals surface area contributed by atoms with Crippen LogP contribution in [0.1, 0.15) is 235 Å². The van der Waals surface area contributed by atoms with Gasteiger partial charge in [0.1, 0.15) is 13.2 Å². The lowest BCUT2D eigenvalue weighted by molar-refractivity contribution is -0.169. The van der Waals surface area contributed by atoms with Crippen LogP contribution in [0.4, 0.5) is 22.7 Å². The largest absolute Gasteiger partial charge is 0.497 e. The van der Waals surface area contributed by atoms with Gasteiger partial charge in [0.05, 0.1) is 40.7 Å². The minimum Gasteiger partial charge on any atom is -0.479 e. The molecule has 0 radical (unpaired) electrons. The maximum Gasteiger partial charge on any atom is 0.497 e. The first-order chi connectivity index (χ1) is 58.9. The van der Waals surface area contributed by atoms with Crippen molar-refractivity contribution in [3.63, 3.8) is 0 Å². The molecule has 0 unspecified atom stereocenters. The van der Waals surface area contributed by atoms with Crippen molar-refractivity contribution in [1.82, 2.24) is 0 Å². The highest BCUT2D eigenvalue weighted by molar-refractivity contribution is 9.11. The SMILES string of the molecule is COC(=O)[C@@H](OC(C)(C)C)c1c(C)c(N)c(Br)c(C)c1-c1ccc(C)cc1.Cc1ccc(-c2c(C)c(B3OC(C)(C)C(C)(C)O3)c(N)c(C)c2[C@H](OC(C)(C)C)C(=O)OCc2ccccc2)cc1.Cc1ccc(-c2c(C)c(Br)c(N)c(C)c2[C@H](OC(C)(C)C)C(=O)O)cc1.Cc1ccc(-c2c(C)c(Br)c(N)c(C)c2[C@H](OC(C)(C)C)C(=O)OCc2ccccc2)cc1. The van der Waals surface area contributed by atoms with Crippen molar-refractivity contribution in [3.05, 3.63) is 271 Å². The Morgan fingerprint density at radius 1 is 0.354 bits per heavy atom. The average Bonchev–Trinajstić information content (AvgIpc) is 1.67. The smallest absolute Gasteiger partial charge is 0.479 e. The second-order valence-electron chi connectivity index (χ2n) is 37.7. The van der Waals surface area contributed by atoms with Gasteiger partial charge in [0.15, 0.2) is 24.4 Å². The van der Waals surface area contributed by atoms with Gasteiger partial charge in [-0.2, -0.15) is 0 Å². The quantitative estimate of drug-likeness (QED) is 0.0193. The summed E-state index contributed by atoms with van der Waals surface area (Å²) in [5.41, 5.74) is 49.0. The number of carbonyl (C=O) groups excluding carboxylic acids is 3. The molecule has 1 heterocycles. The molecule has 0 amide bonds. The van der Waals surface area contributed by atoms with E-state index in [9.17, 15) is 24.3 Å². The molecule has 1 aliphatic heterocycles. The summed E-state index contributed by atoms with van der Waals surface area (Å²) in [6, 6.07) is 52.0. The summed E-state index contributed by atoms with van der Waals surface area (Å²) in [7, 11) is 0.709. The van der Waals surface area contributed by atoms with Crippen LogP contribution in [0.3, 0.4) is 0 Å². The van der Waals surface area contributed by atoms with E-state index in [1.807, 2.05) is 279 Å². The van der Waals surface area contributed by atoms with Gasteiger partial charge >= 0.3 is 31.0 Å². The molecule has 678 valence electrons. The minimum atomic E-state index is -1.11. The Morgan fingerprint density at radius 3 is 0.843 bits per heavy atom. The fraction of sp³-hybridized carbons (Fsp3) is 0.390. The maximum atomic E-state index is 13.9. The summed E-state index contributed by atoms with van der Waals surface area (Å²) in [6.07, 6.45) is -3.93. The number of rotatable bonds is 21. The number of carboxylic acid groups (broad SMARTS) is 1. The third-order valence-electron chi connectivity index (χ3n) is 22.5. The summed E-state index contributed by atoms with van der Waals surface area (Å²) in [4.78, 5) is 52.2. The molecule has 127 heavy (non-hydrogen) atoms. The number of benzene rings is 10. The molecule has 10 aromatic rings. The Bertz CT molecular complexity index is 5580. The summed E-state index contributed by atoms with van der Waals surface area (Å²) >= 11 is 10.8. The lowest BCUT2D eigenvalue weighted by Crippen LogP contribution is -2.41. The predicted molar refractivity (Wildman–Crippen MR) is 527 cm³/mol. The molecule has 9 N–H and O–H groups in total. The van der Waals surface area contributed by atoms with Crippen molar-refractivity contribution >= 4 is 107 Å². The summed E-state index contributed by atoms with van der Waals surface area (Å²) < 4.78 is 57.0. The zero-order valence-corrected chi connectivity index (χ0v) is 84.3. The standard InChI is InChI=1S/C34H44BNO5.C28H32BrNO3.C22H28BrNO3.C21H26BrNO3/c1-21-16-18-25(19-17-21)26-22(2)28(35-40-33(7,8)34(9,10)41-35)29(36)23(3)27(26)30(39-32(4,5)6)31(37)38-20-24-14-12-11-13-15-24;1-17-12-14-21(15-13-17)22-18(2)24(29)25(30)19(3)23(22)26(33-28(4,5)6)27(31)32-16-20-10-8-7-9-11-20;1-12-8-10-15(11-9-12)16-13(2)18(23)19(24)14(3)17(16)20(21(25)26-7)27-22(4,5)6;1-11-7-9-14(10-8-11)15-12(2)17(22)18(23)13(3)16(15)19(20(24)25)26-21(4,5)6/h11-19,30H,20,36H2,1-10H3;7-15,26H,16,30H2,1-6H3;8-11,20H,24H2,1-7H3;7-10,19H,23H2,1-6H3,(H,24,25)/t30-;26-;20-;19-/m0000/s1. The zero-order valence-electron chi connectivity index (χ0n) is 79.5. The van der Waals surface area contributed by atoms with E-state index in [4.69, 9.17) is 65.4 Å². The predicted octanol–water partition coefficient (Wildman–Crippen LogP) is 25.2. The molecule has 0 bridgehead atoms. The molecule has 22 heteroatoms. The molecule has 4 atom stereocenters. The molecule has 0 aromatic heterocycles. The van der Waals surface area contributed by atoms with Crippen LogP contribution < -0.4 is 28.4 Å². The molecule has 0 aliphatic carbocycles. The van der Waals surface area contributed by atoms with E-state index in [0.29, 0.717) is 33.9 Å². The number of nitrogens with two attached hydrogens (primary N) is 4. The number of hydrogen-bond acceptors (Lipinski definition) is 17. The average molecular weight is 1920 g/mol. The van der Waals surface area contributed by atoms with E-state index < -0.39 is 89.0 Å². The van der Waals surface area contributed by atoms with E-state index in [1.165, 1.54) is 12.7 Å². The number of methoxy groups -OCH3 is 1. The normalized spacial score (nSPS) is 14.1. The summed E-state index contributed by atoms with van der Waals surface area (Å²) in [5.74, 6) is -2.38. The number of carbonyl (C=O) groups is 4. The topological polar surface area (TPSA) is 276 Å². The highest BCUT2D eigenvalue weighted by Gasteiger charge is 2.54. The number of halogens is 3. The fourth-order valence-corrected chi connectivity index (χ4v) is 16.6. The molecule has 0 spiro atoms. The van der Waals surface area contributed by atoms with Gasteiger partial charge in [-0.25, -0.2) is 19.2 Å². The van der Waals surface area contributed by atoms with Gasteiger partial charge in [0, 0.05) is 63.9 Å².